The molecule has 1 aromatic heterocycles. The predicted octanol–water partition coefficient (Wildman–Crippen LogP) is 3.66. The zero-order valence-corrected chi connectivity index (χ0v) is 14.7. The van der Waals surface area contributed by atoms with E-state index >= 15 is 0 Å². The molecule has 1 N–H and O–H groups in total. The van der Waals surface area contributed by atoms with Crippen molar-refractivity contribution in [1.29, 1.82) is 0 Å². The van der Waals surface area contributed by atoms with Crippen molar-refractivity contribution in [2.24, 2.45) is 7.05 Å². The number of carbonyl (C=O) groups is 1. The second-order valence-electron chi connectivity index (χ2n) is 5.55. The number of carbonyl (C=O) groups excluding carboxylic acids is 1. The highest BCUT2D eigenvalue weighted by Gasteiger charge is 2.13. The number of nitrogens with zero attached hydrogens (tertiary/aromatic N) is 3. The van der Waals surface area contributed by atoms with Crippen molar-refractivity contribution in [3.63, 3.8) is 0 Å². The third-order valence-electron chi connectivity index (χ3n) is 3.60. The fraction of sp³-hybridized carbons (Fsp3) is 0.167. The first-order valence-electron chi connectivity index (χ1n) is 7.68. The Hall–Kier alpha value is -2.67. The van der Waals surface area contributed by atoms with Crippen LogP contribution in [-0.4, -0.2) is 26.4 Å². The van der Waals surface area contributed by atoms with Gasteiger partial charge in [0.05, 0.1) is 11.4 Å². The minimum absolute atomic E-state index is 0.119. The first-order valence-corrected chi connectivity index (χ1v) is 8.67. The summed E-state index contributed by atoms with van der Waals surface area (Å²) >= 11 is 1.25. The summed E-state index contributed by atoms with van der Waals surface area (Å²) in [6.45, 7) is 1.84. The number of rotatable bonds is 5. The van der Waals surface area contributed by atoms with Crippen molar-refractivity contribution in [2.75, 3.05) is 11.1 Å². The van der Waals surface area contributed by atoms with E-state index in [1.165, 1.54) is 17.8 Å². The van der Waals surface area contributed by atoms with Crippen LogP contribution in [0.25, 0.3) is 11.4 Å². The van der Waals surface area contributed by atoms with Gasteiger partial charge in [0.15, 0.2) is 11.0 Å². The van der Waals surface area contributed by atoms with E-state index in [0.29, 0.717) is 5.16 Å². The van der Waals surface area contributed by atoms with E-state index in [-0.39, 0.29) is 17.3 Å². The van der Waals surface area contributed by atoms with Crippen molar-refractivity contribution in [1.82, 2.24) is 14.8 Å². The highest BCUT2D eigenvalue weighted by atomic mass is 32.2. The lowest BCUT2D eigenvalue weighted by Gasteiger charge is -2.07. The summed E-state index contributed by atoms with van der Waals surface area (Å²) in [7, 11) is 1.85. The van der Waals surface area contributed by atoms with Crippen molar-refractivity contribution in [3.05, 3.63) is 59.9 Å². The third-order valence-corrected chi connectivity index (χ3v) is 4.62. The molecule has 0 aliphatic carbocycles. The Kier molecular flexibility index (Phi) is 5.14. The van der Waals surface area contributed by atoms with Gasteiger partial charge in [-0.2, -0.15) is 0 Å². The Bertz CT molecular complexity index is 895. The van der Waals surface area contributed by atoms with E-state index in [1.807, 2.05) is 48.9 Å². The van der Waals surface area contributed by atoms with Crippen LogP contribution in [0.3, 0.4) is 0 Å². The maximum absolute atomic E-state index is 13.7. The molecule has 1 amide bonds. The van der Waals surface area contributed by atoms with Crippen LogP contribution in [0.2, 0.25) is 0 Å². The van der Waals surface area contributed by atoms with Crippen molar-refractivity contribution in [3.8, 4) is 11.4 Å². The summed E-state index contributed by atoms with van der Waals surface area (Å²) in [6.07, 6.45) is 0. The number of aryl methyl sites for hydroxylation is 1. The first kappa shape index (κ1) is 17.2. The molecule has 0 unspecified atom stereocenters. The van der Waals surface area contributed by atoms with Gasteiger partial charge in [-0.3, -0.25) is 4.79 Å². The van der Waals surface area contributed by atoms with E-state index in [1.54, 1.807) is 12.1 Å². The van der Waals surface area contributed by atoms with Crippen LogP contribution in [0.4, 0.5) is 10.1 Å². The fourth-order valence-electron chi connectivity index (χ4n) is 2.33. The molecular formula is C18H17FN4OS. The number of halogens is 1. The molecular weight excluding hydrogens is 339 g/mol. The minimum atomic E-state index is -0.450. The molecule has 0 aliphatic heterocycles. The Morgan fingerprint density at radius 1 is 1.20 bits per heavy atom. The molecule has 0 spiro atoms. The van der Waals surface area contributed by atoms with Crippen molar-refractivity contribution in [2.45, 2.75) is 12.1 Å². The lowest BCUT2D eigenvalue weighted by atomic mass is 10.2. The summed E-state index contributed by atoms with van der Waals surface area (Å²) in [5.74, 6) is 0.106. The standard InChI is InChI=1S/C18H17FN4OS/c1-12-8-9-14(19)15(10-12)20-16(24)11-25-18-22-21-17(23(18)2)13-6-4-3-5-7-13/h3-10H,11H2,1-2H3,(H,20,24). The summed E-state index contributed by atoms with van der Waals surface area (Å²) in [6, 6.07) is 14.3. The Balaban J connectivity index is 1.65. The molecule has 7 heteroatoms. The number of benzene rings is 2. The van der Waals surface area contributed by atoms with E-state index in [9.17, 15) is 9.18 Å². The molecule has 5 nitrogen and oxygen atoms in total. The van der Waals surface area contributed by atoms with E-state index in [2.05, 4.69) is 15.5 Å². The molecule has 0 atom stereocenters. The molecule has 0 radical (unpaired) electrons. The Labute approximate surface area is 149 Å². The molecule has 0 fully saturated rings. The van der Waals surface area contributed by atoms with Gasteiger partial charge < -0.3 is 9.88 Å². The van der Waals surface area contributed by atoms with Crippen LogP contribution in [0.15, 0.2) is 53.7 Å². The maximum Gasteiger partial charge on any atom is 0.234 e. The smallest absolute Gasteiger partial charge is 0.234 e. The number of hydrogen-bond donors (Lipinski definition) is 1. The van der Waals surface area contributed by atoms with Crippen LogP contribution in [0, 0.1) is 12.7 Å². The zero-order valence-electron chi connectivity index (χ0n) is 13.9. The quantitative estimate of drug-likeness (QED) is 0.709. The summed E-state index contributed by atoms with van der Waals surface area (Å²) in [5, 5.41) is 11.5. The SMILES string of the molecule is Cc1ccc(F)c(NC(=O)CSc2nnc(-c3ccccc3)n2C)c1. The van der Waals surface area contributed by atoms with Gasteiger partial charge in [-0.25, -0.2) is 4.39 Å². The van der Waals surface area contributed by atoms with Crippen molar-refractivity contribution >= 4 is 23.4 Å². The number of aromatic nitrogens is 3. The summed E-state index contributed by atoms with van der Waals surface area (Å²) in [5.41, 5.74) is 2.02. The average Bonchev–Trinajstić information content (AvgIpc) is 2.98. The van der Waals surface area contributed by atoms with E-state index in [4.69, 9.17) is 0 Å². The average molecular weight is 356 g/mol. The topological polar surface area (TPSA) is 59.8 Å². The second kappa shape index (κ2) is 7.48. The molecule has 0 aliphatic rings. The van der Waals surface area contributed by atoms with Gasteiger partial charge in [0, 0.05) is 12.6 Å². The molecule has 0 saturated carbocycles. The minimum Gasteiger partial charge on any atom is -0.323 e. The van der Waals surface area contributed by atoms with Gasteiger partial charge in [-0.15, -0.1) is 10.2 Å². The van der Waals surface area contributed by atoms with Crippen LogP contribution >= 0.6 is 11.8 Å². The van der Waals surface area contributed by atoms with Gasteiger partial charge in [0.1, 0.15) is 5.82 Å². The molecule has 3 rings (SSSR count). The van der Waals surface area contributed by atoms with Gasteiger partial charge in [0.2, 0.25) is 5.91 Å². The monoisotopic (exact) mass is 356 g/mol. The van der Waals surface area contributed by atoms with Crippen LogP contribution < -0.4 is 5.32 Å². The predicted molar refractivity (Wildman–Crippen MR) is 96.9 cm³/mol. The van der Waals surface area contributed by atoms with Gasteiger partial charge in [-0.1, -0.05) is 48.2 Å². The lowest BCUT2D eigenvalue weighted by molar-refractivity contribution is -0.113. The number of hydrogen-bond acceptors (Lipinski definition) is 4. The molecule has 2 aromatic carbocycles. The van der Waals surface area contributed by atoms with Gasteiger partial charge in [0.25, 0.3) is 0 Å². The largest absolute Gasteiger partial charge is 0.323 e. The number of nitrogens with one attached hydrogen (secondary N) is 1. The summed E-state index contributed by atoms with van der Waals surface area (Å²) in [4.78, 5) is 12.1. The lowest BCUT2D eigenvalue weighted by Crippen LogP contribution is -2.15. The molecule has 25 heavy (non-hydrogen) atoms. The normalized spacial score (nSPS) is 10.7. The summed E-state index contributed by atoms with van der Waals surface area (Å²) < 4.78 is 15.5. The fourth-order valence-corrected chi connectivity index (χ4v) is 3.04. The Morgan fingerprint density at radius 2 is 1.96 bits per heavy atom. The number of anilines is 1. The molecule has 1 heterocycles. The van der Waals surface area contributed by atoms with Crippen molar-refractivity contribution < 1.29 is 9.18 Å². The second-order valence-corrected chi connectivity index (χ2v) is 6.49. The van der Waals surface area contributed by atoms with E-state index < -0.39 is 5.82 Å². The zero-order chi connectivity index (χ0) is 17.8. The molecule has 128 valence electrons. The van der Waals surface area contributed by atoms with Crippen LogP contribution in [-0.2, 0) is 11.8 Å². The molecule has 0 saturated heterocycles. The number of thioether (sulfide) groups is 1. The molecule has 0 bridgehead atoms. The maximum atomic E-state index is 13.7. The van der Waals surface area contributed by atoms with E-state index in [0.717, 1.165) is 17.0 Å². The van der Waals surface area contributed by atoms with Crippen LogP contribution in [0.5, 0.6) is 0 Å². The van der Waals surface area contributed by atoms with Gasteiger partial charge in [-0.05, 0) is 24.6 Å². The van der Waals surface area contributed by atoms with Gasteiger partial charge >= 0.3 is 0 Å². The highest BCUT2D eigenvalue weighted by molar-refractivity contribution is 7.99. The number of amides is 1. The third kappa shape index (κ3) is 4.06. The van der Waals surface area contributed by atoms with Crippen LogP contribution in [0.1, 0.15) is 5.56 Å². The Morgan fingerprint density at radius 3 is 2.72 bits per heavy atom. The highest BCUT2D eigenvalue weighted by Crippen LogP contribution is 2.23. The molecule has 3 aromatic rings. The first-order chi connectivity index (χ1) is 12.0.